The number of nitrogens with zero attached hydrogens (tertiary/aromatic N) is 1. The summed E-state index contributed by atoms with van der Waals surface area (Å²) in [5.41, 5.74) is 1.05. The molecule has 74 valence electrons. The van der Waals surface area contributed by atoms with Crippen molar-refractivity contribution in [3.05, 3.63) is 10.6 Å². The van der Waals surface area contributed by atoms with Crippen LogP contribution < -0.4 is 0 Å². The maximum Gasteiger partial charge on any atom is 0.150 e. The molecule has 0 fully saturated rings. The van der Waals surface area contributed by atoms with Gasteiger partial charge in [0.05, 0.1) is 18.4 Å². The van der Waals surface area contributed by atoms with E-state index in [1.807, 2.05) is 13.8 Å². The van der Waals surface area contributed by atoms with Crippen molar-refractivity contribution in [2.45, 2.75) is 24.3 Å². The fourth-order valence-electron chi connectivity index (χ4n) is 0.725. The number of aliphatic hydroxyl groups is 2. The summed E-state index contributed by atoms with van der Waals surface area (Å²) < 4.78 is 0.961. The van der Waals surface area contributed by atoms with Crippen LogP contribution in [0.4, 0.5) is 0 Å². The van der Waals surface area contributed by atoms with Crippen LogP contribution in [-0.4, -0.2) is 33.7 Å². The van der Waals surface area contributed by atoms with Gasteiger partial charge in [0.2, 0.25) is 0 Å². The summed E-state index contributed by atoms with van der Waals surface area (Å²) in [5, 5.41) is 17.7. The second-order valence-corrected chi connectivity index (χ2v) is 5.24. The van der Waals surface area contributed by atoms with Crippen LogP contribution in [0.25, 0.3) is 0 Å². The van der Waals surface area contributed by atoms with Crippen molar-refractivity contribution in [3.8, 4) is 0 Å². The van der Waals surface area contributed by atoms with E-state index in [1.54, 1.807) is 11.3 Å². The monoisotopic (exact) mass is 219 g/mol. The fraction of sp³-hybridized carbons (Fsp3) is 0.625. The molecule has 1 aromatic heterocycles. The maximum atomic E-state index is 9.10. The Morgan fingerprint density at radius 1 is 1.54 bits per heavy atom. The Labute approximate surface area is 85.8 Å². The summed E-state index contributed by atoms with van der Waals surface area (Å²) in [4.78, 5) is 5.51. The van der Waals surface area contributed by atoms with E-state index >= 15 is 0 Å². The highest BCUT2D eigenvalue weighted by atomic mass is 32.2. The van der Waals surface area contributed by atoms with Crippen molar-refractivity contribution >= 4 is 23.1 Å². The zero-order valence-corrected chi connectivity index (χ0v) is 9.28. The van der Waals surface area contributed by atoms with E-state index in [4.69, 9.17) is 10.2 Å². The van der Waals surface area contributed by atoms with Crippen molar-refractivity contribution in [3.63, 3.8) is 0 Å². The van der Waals surface area contributed by atoms with E-state index in [2.05, 4.69) is 4.98 Å². The molecule has 0 aliphatic heterocycles. The zero-order chi connectivity index (χ0) is 9.84. The van der Waals surface area contributed by atoms with Crippen molar-refractivity contribution < 1.29 is 10.2 Å². The highest BCUT2D eigenvalue weighted by Crippen LogP contribution is 2.26. The highest BCUT2D eigenvalue weighted by Gasteiger charge is 2.07. The molecule has 3 nitrogen and oxygen atoms in total. The maximum absolute atomic E-state index is 9.10. The predicted octanol–water partition coefficient (Wildman–Crippen LogP) is 1.21. The number of aliphatic hydroxyl groups excluding tert-OH is 2. The van der Waals surface area contributed by atoms with Crippen LogP contribution >= 0.6 is 23.1 Å². The van der Waals surface area contributed by atoms with Gasteiger partial charge in [0.1, 0.15) is 4.34 Å². The van der Waals surface area contributed by atoms with Crippen LogP contribution in [0.5, 0.6) is 0 Å². The Balaban J connectivity index is 2.45. The summed E-state index contributed by atoms with van der Waals surface area (Å²) in [6.45, 7) is 3.81. The van der Waals surface area contributed by atoms with Crippen LogP contribution in [0.2, 0.25) is 0 Å². The van der Waals surface area contributed by atoms with Crippen LogP contribution in [0.1, 0.15) is 10.6 Å². The Hall–Kier alpha value is -0.100. The van der Waals surface area contributed by atoms with Crippen LogP contribution in [0, 0.1) is 13.8 Å². The molecular formula is C8H13NO2S2. The molecule has 0 radical (unpaired) electrons. The molecule has 0 aliphatic carbocycles. The minimum atomic E-state index is -0.644. The first-order valence-electron chi connectivity index (χ1n) is 3.99. The lowest BCUT2D eigenvalue weighted by Crippen LogP contribution is -2.14. The lowest BCUT2D eigenvalue weighted by molar-refractivity contribution is 0.113. The number of hydrogen-bond donors (Lipinski definition) is 2. The van der Waals surface area contributed by atoms with E-state index in [0.717, 1.165) is 10.0 Å². The highest BCUT2D eigenvalue weighted by molar-refractivity contribution is 8.01. The molecule has 0 saturated carbocycles. The van der Waals surface area contributed by atoms with Gasteiger partial charge in [-0.25, -0.2) is 4.98 Å². The molecule has 0 aliphatic rings. The molecule has 0 bridgehead atoms. The SMILES string of the molecule is Cc1nc(SC[C@H](O)CO)sc1C. The molecule has 0 saturated heterocycles. The lowest BCUT2D eigenvalue weighted by Gasteiger charge is -2.03. The van der Waals surface area contributed by atoms with Crippen LogP contribution in [0.15, 0.2) is 4.34 Å². The molecule has 0 aromatic carbocycles. The van der Waals surface area contributed by atoms with Gasteiger partial charge in [-0.1, -0.05) is 11.8 Å². The minimum absolute atomic E-state index is 0.184. The van der Waals surface area contributed by atoms with Gasteiger partial charge in [-0.05, 0) is 13.8 Å². The average Bonchev–Trinajstić information content (AvgIpc) is 2.42. The van der Waals surface area contributed by atoms with Gasteiger partial charge in [-0.15, -0.1) is 11.3 Å². The summed E-state index contributed by atoms with van der Waals surface area (Å²) in [7, 11) is 0. The van der Waals surface area contributed by atoms with Crippen LogP contribution in [-0.2, 0) is 0 Å². The van der Waals surface area contributed by atoms with Crippen molar-refractivity contribution in [2.75, 3.05) is 12.4 Å². The van der Waals surface area contributed by atoms with E-state index in [0.29, 0.717) is 5.75 Å². The molecule has 13 heavy (non-hydrogen) atoms. The lowest BCUT2D eigenvalue weighted by atomic mass is 10.4. The molecule has 0 amide bonds. The van der Waals surface area contributed by atoms with Gasteiger partial charge in [-0.2, -0.15) is 0 Å². The van der Waals surface area contributed by atoms with Gasteiger partial charge < -0.3 is 10.2 Å². The number of aryl methyl sites for hydroxylation is 2. The molecule has 1 rings (SSSR count). The molecule has 2 N–H and O–H groups in total. The number of aromatic nitrogens is 1. The van der Waals surface area contributed by atoms with Gasteiger partial charge in [-0.3, -0.25) is 0 Å². The third-order valence-corrected chi connectivity index (χ3v) is 3.98. The van der Waals surface area contributed by atoms with E-state index < -0.39 is 6.10 Å². The quantitative estimate of drug-likeness (QED) is 0.747. The first-order chi connectivity index (χ1) is 6.13. The normalized spacial score (nSPS) is 13.2. The van der Waals surface area contributed by atoms with Crippen molar-refractivity contribution in [1.82, 2.24) is 4.98 Å². The molecule has 1 aromatic rings. The topological polar surface area (TPSA) is 53.4 Å². The summed E-state index contributed by atoms with van der Waals surface area (Å²) in [6, 6.07) is 0. The Bertz CT molecular complexity index is 256. The Morgan fingerprint density at radius 3 is 2.69 bits per heavy atom. The Morgan fingerprint density at radius 2 is 2.23 bits per heavy atom. The van der Waals surface area contributed by atoms with Gasteiger partial charge in [0.25, 0.3) is 0 Å². The molecule has 0 spiro atoms. The number of thiazole rings is 1. The summed E-state index contributed by atoms with van der Waals surface area (Å²) in [6.07, 6.45) is -0.644. The second kappa shape index (κ2) is 4.95. The van der Waals surface area contributed by atoms with E-state index in [-0.39, 0.29) is 6.61 Å². The van der Waals surface area contributed by atoms with Crippen molar-refractivity contribution in [2.24, 2.45) is 0 Å². The first-order valence-corrected chi connectivity index (χ1v) is 5.79. The largest absolute Gasteiger partial charge is 0.394 e. The average molecular weight is 219 g/mol. The van der Waals surface area contributed by atoms with Crippen LogP contribution in [0.3, 0.4) is 0 Å². The van der Waals surface area contributed by atoms with Gasteiger partial charge >= 0.3 is 0 Å². The molecular weight excluding hydrogens is 206 g/mol. The molecule has 1 atom stereocenters. The predicted molar refractivity (Wildman–Crippen MR) is 55.4 cm³/mol. The Kier molecular flexibility index (Phi) is 4.18. The fourth-order valence-corrected chi connectivity index (χ4v) is 2.82. The van der Waals surface area contributed by atoms with Gasteiger partial charge in [0.15, 0.2) is 0 Å². The summed E-state index contributed by atoms with van der Waals surface area (Å²) >= 11 is 3.11. The second-order valence-electron chi connectivity index (χ2n) is 2.77. The first kappa shape index (κ1) is 11.0. The molecule has 5 heteroatoms. The minimum Gasteiger partial charge on any atom is -0.394 e. The zero-order valence-electron chi connectivity index (χ0n) is 7.65. The third-order valence-electron chi connectivity index (χ3n) is 1.62. The van der Waals surface area contributed by atoms with E-state index in [9.17, 15) is 0 Å². The smallest absolute Gasteiger partial charge is 0.150 e. The number of thioether (sulfide) groups is 1. The van der Waals surface area contributed by atoms with Gasteiger partial charge in [0, 0.05) is 10.6 Å². The number of hydrogen-bond acceptors (Lipinski definition) is 5. The standard InChI is InChI=1S/C8H13NO2S2/c1-5-6(2)13-8(9-5)12-4-7(11)3-10/h7,10-11H,3-4H2,1-2H3/t7-/m1/s1. The third kappa shape index (κ3) is 3.27. The molecule has 1 heterocycles. The molecule has 0 unspecified atom stereocenters. The number of rotatable bonds is 4. The van der Waals surface area contributed by atoms with E-state index in [1.165, 1.54) is 16.6 Å². The summed E-state index contributed by atoms with van der Waals surface area (Å²) in [5.74, 6) is 0.503. The van der Waals surface area contributed by atoms with Crippen molar-refractivity contribution in [1.29, 1.82) is 0 Å².